The first-order chi connectivity index (χ1) is 7.79. The largest absolute Gasteiger partial charge is 0.356 e. The summed E-state index contributed by atoms with van der Waals surface area (Å²) in [7, 11) is 0. The van der Waals surface area contributed by atoms with Crippen molar-refractivity contribution in [1.29, 1.82) is 0 Å². The molecule has 0 saturated carbocycles. The molecule has 1 atom stereocenters. The number of benzene rings is 1. The van der Waals surface area contributed by atoms with Crippen LogP contribution in [0.15, 0.2) is 24.3 Å². The molecule has 1 aromatic carbocycles. The highest BCUT2D eigenvalue weighted by Gasteiger charge is 2.19. The van der Waals surface area contributed by atoms with Crippen molar-refractivity contribution in [3.63, 3.8) is 0 Å². The Morgan fingerprint density at radius 2 is 2.19 bits per heavy atom. The van der Waals surface area contributed by atoms with Gasteiger partial charge in [-0.1, -0.05) is 24.3 Å². The molecule has 0 bridgehead atoms. The minimum absolute atomic E-state index is 0.138. The molecule has 1 heterocycles. The second kappa shape index (κ2) is 5.12. The van der Waals surface area contributed by atoms with Gasteiger partial charge < -0.3 is 10.6 Å². The third-order valence-corrected chi connectivity index (χ3v) is 2.97. The van der Waals surface area contributed by atoms with Crippen LogP contribution in [-0.4, -0.2) is 18.5 Å². The van der Waals surface area contributed by atoms with Gasteiger partial charge in [0.05, 0.1) is 0 Å². The van der Waals surface area contributed by atoms with E-state index in [4.69, 9.17) is 0 Å². The van der Waals surface area contributed by atoms with Gasteiger partial charge in [0.1, 0.15) is 0 Å². The summed E-state index contributed by atoms with van der Waals surface area (Å²) in [6.07, 6.45) is 1.52. The second-order valence-corrected chi connectivity index (χ2v) is 4.21. The lowest BCUT2D eigenvalue weighted by Gasteiger charge is -2.25. The molecule has 0 aromatic heterocycles. The summed E-state index contributed by atoms with van der Waals surface area (Å²) >= 11 is 0. The Morgan fingerprint density at radius 1 is 1.44 bits per heavy atom. The molecule has 2 N–H and O–H groups in total. The number of fused-ring (bicyclic) bond motifs is 1. The molecule has 1 aliphatic rings. The Bertz CT molecular complexity index is 376. The lowest BCUT2D eigenvalue weighted by atomic mass is 9.94. The van der Waals surface area contributed by atoms with E-state index in [1.165, 1.54) is 11.1 Å². The Labute approximate surface area is 96.2 Å². The first-order valence-corrected chi connectivity index (χ1v) is 5.86. The summed E-state index contributed by atoms with van der Waals surface area (Å²) in [5.41, 5.74) is 2.73. The van der Waals surface area contributed by atoms with E-state index in [1.54, 1.807) is 0 Å². The van der Waals surface area contributed by atoms with Crippen LogP contribution >= 0.6 is 0 Å². The van der Waals surface area contributed by atoms with E-state index in [0.29, 0.717) is 13.0 Å². The molecule has 16 heavy (non-hydrogen) atoms. The average Bonchev–Trinajstić information content (AvgIpc) is 2.29. The monoisotopic (exact) mass is 218 g/mol. The lowest BCUT2D eigenvalue weighted by molar-refractivity contribution is -0.121. The van der Waals surface area contributed by atoms with Crippen LogP contribution < -0.4 is 10.6 Å². The molecule has 86 valence electrons. The summed E-state index contributed by atoms with van der Waals surface area (Å²) in [6, 6.07) is 8.70. The zero-order valence-electron chi connectivity index (χ0n) is 9.62. The molecule has 1 unspecified atom stereocenters. The molecule has 3 heteroatoms. The van der Waals surface area contributed by atoms with Crippen LogP contribution in [0.2, 0.25) is 0 Å². The molecule has 2 rings (SSSR count). The molecule has 1 amide bonds. The van der Waals surface area contributed by atoms with Crippen LogP contribution in [0.5, 0.6) is 0 Å². The van der Waals surface area contributed by atoms with E-state index < -0.39 is 0 Å². The van der Waals surface area contributed by atoms with Crippen molar-refractivity contribution in [2.75, 3.05) is 6.54 Å². The Balaban J connectivity index is 1.95. The lowest BCUT2D eigenvalue weighted by Crippen LogP contribution is -2.39. The van der Waals surface area contributed by atoms with Gasteiger partial charge in [-0.25, -0.2) is 0 Å². The van der Waals surface area contributed by atoms with Crippen LogP contribution in [-0.2, 0) is 17.8 Å². The molecule has 0 fully saturated rings. The van der Waals surface area contributed by atoms with Crippen molar-refractivity contribution >= 4 is 5.91 Å². The van der Waals surface area contributed by atoms with Crippen molar-refractivity contribution in [3.8, 4) is 0 Å². The van der Waals surface area contributed by atoms with Gasteiger partial charge in [0.2, 0.25) is 5.91 Å². The minimum Gasteiger partial charge on any atom is -0.356 e. The predicted molar refractivity (Wildman–Crippen MR) is 64.1 cm³/mol. The highest BCUT2D eigenvalue weighted by Crippen LogP contribution is 2.17. The van der Waals surface area contributed by atoms with Crippen molar-refractivity contribution in [2.45, 2.75) is 32.4 Å². The van der Waals surface area contributed by atoms with Crippen molar-refractivity contribution in [3.05, 3.63) is 35.4 Å². The van der Waals surface area contributed by atoms with Gasteiger partial charge in [-0.05, 0) is 24.5 Å². The third-order valence-electron chi connectivity index (χ3n) is 2.97. The fourth-order valence-corrected chi connectivity index (χ4v) is 2.16. The normalized spacial score (nSPS) is 18.9. The average molecular weight is 218 g/mol. The third kappa shape index (κ3) is 2.61. The number of hydrogen-bond donors (Lipinski definition) is 2. The van der Waals surface area contributed by atoms with E-state index in [1.807, 2.05) is 6.92 Å². The summed E-state index contributed by atoms with van der Waals surface area (Å²) in [5.74, 6) is 0.138. The molecule has 3 nitrogen and oxygen atoms in total. The Morgan fingerprint density at radius 3 is 2.94 bits per heavy atom. The highest BCUT2D eigenvalue weighted by molar-refractivity contribution is 5.76. The van der Waals surface area contributed by atoms with Gasteiger partial charge >= 0.3 is 0 Å². The Hall–Kier alpha value is -1.35. The fourth-order valence-electron chi connectivity index (χ4n) is 2.16. The molecule has 1 aromatic rings. The van der Waals surface area contributed by atoms with Gasteiger partial charge in [-0.2, -0.15) is 0 Å². The molecule has 0 saturated heterocycles. The number of amides is 1. The fraction of sp³-hybridized carbons (Fsp3) is 0.462. The predicted octanol–water partition coefficient (Wildman–Crippen LogP) is 1.23. The number of nitrogens with one attached hydrogen (secondary N) is 2. The summed E-state index contributed by atoms with van der Waals surface area (Å²) in [6.45, 7) is 3.53. The van der Waals surface area contributed by atoms with Gasteiger partial charge in [0.25, 0.3) is 0 Å². The molecule has 0 spiro atoms. The van der Waals surface area contributed by atoms with E-state index in [-0.39, 0.29) is 11.9 Å². The molecular formula is C13H18N2O. The summed E-state index contributed by atoms with van der Waals surface area (Å²) < 4.78 is 0. The maximum Gasteiger partial charge on any atom is 0.221 e. The molecule has 0 radical (unpaired) electrons. The highest BCUT2D eigenvalue weighted by atomic mass is 16.1. The van der Waals surface area contributed by atoms with E-state index >= 15 is 0 Å². The molecular weight excluding hydrogens is 200 g/mol. The maximum atomic E-state index is 11.5. The summed E-state index contributed by atoms with van der Waals surface area (Å²) in [5, 5.41) is 6.24. The Kier molecular flexibility index (Phi) is 3.57. The number of carbonyl (C=O) groups excluding carboxylic acids is 1. The SMILES string of the molecule is CCNC(=O)CC1Cc2ccccc2CN1. The van der Waals surface area contributed by atoms with Gasteiger partial charge in [0, 0.05) is 25.6 Å². The first kappa shape index (κ1) is 11.1. The topological polar surface area (TPSA) is 41.1 Å². The van der Waals surface area contributed by atoms with Crippen molar-refractivity contribution in [1.82, 2.24) is 10.6 Å². The quantitative estimate of drug-likeness (QED) is 0.801. The molecule has 1 aliphatic heterocycles. The number of rotatable bonds is 3. The standard InChI is InChI=1S/C13H18N2O/c1-2-14-13(16)8-12-7-10-5-3-4-6-11(10)9-15-12/h3-6,12,15H,2,7-9H2,1H3,(H,14,16). The van der Waals surface area contributed by atoms with Crippen molar-refractivity contribution in [2.24, 2.45) is 0 Å². The van der Waals surface area contributed by atoms with Crippen LogP contribution in [0.4, 0.5) is 0 Å². The zero-order chi connectivity index (χ0) is 11.4. The number of hydrogen-bond acceptors (Lipinski definition) is 2. The van der Waals surface area contributed by atoms with Gasteiger partial charge in [-0.15, -0.1) is 0 Å². The van der Waals surface area contributed by atoms with E-state index in [9.17, 15) is 4.79 Å². The van der Waals surface area contributed by atoms with Crippen molar-refractivity contribution < 1.29 is 4.79 Å². The van der Waals surface area contributed by atoms with Crippen LogP contribution in [0, 0.1) is 0 Å². The zero-order valence-corrected chi connectivity index (χ0v) is 9.62. The van der Waals surface area contributed by atoms with Crippen LogP contribution in [0.1, 0.15) is 24.5 Å². The maximum absolute atomic E-state index is 11.5. The smallest absolute Gasteiger partial charge is 0.221 e. The minimum atomic E-state index is 0.138. The second-order valence-electron chi connectivity index (χ2n) is 4.21. The van der Waals surface area contributed by atoms with Crippen LogP contribution in [0.25, 0.3) is 0 Å². The number of carbonyl (C=O) groups is 1. The van der Waals surface area contributed by atoms with E-state index in [0.717, 1.165) is 13.0 Å². The summed E-state index contributed by atoms with van der Waals surface area (Å²) in [4.78, 5) is 11.5. The van der Waals surface area contributed by atoms with Crippen LogP contribution in [0.3, 0.4) is 0 Å². The first-order valence-electron chi connectivity index (χ1n) is 5.86. The van der Waals surface area contributed by atoms with Gasteiger partial charge in [-0.3, -0.25) is 4.79 Å². The van der Waals surface area contributed by atoms with E-state index in [2.05, 4.69) is 34.9 Å². The van der Waals surface area contributed by atoms with Gasteiger partial charge in [0.15, 0.2) is 0 Å². The molecule has 0 aliphatic carbocycles.